The second-order valence-corrected chi connectivity index (χ2v) is 11.2. The van der Waals surface area contributed by atoms with Crippen molar-refractivity contribution in [2.45, 2.75) is 6.92 Å². The zero-order chi connectivity index (χ0) is 15.4. The maximum atomic E-state index is 2.53. The molecule has 0 bridgehead atoms. The van der Waals surface area contributed by atoms with E-state index in [1.165, 1.54) is 19.2 Å². The average Bonchev–Trinajstić information content (AvgIpc) is 2.58. The highest BCUT2D eigenvalue weighted by atomic mass is 127. The molecule has 0 radical (unpaired) electrons. The van der Waals surface area contributed by atoms with Crippen LogP contribution >= 0.6 is 29.5 Å². The molecular weight excluding hydrogens is 398 g/mol. The summed E-state index contributed by atoms with van der Waals surface area (Å²) in [4.78, 5) is 0. The predicted molar refractivity (Wildman–Crippen MR) is 110 cm³/mol. The van der Waals surface area contributed by atoms with Gasteiger partial charge in [-0.3, -0.25) is 0 Å². The van der Waals surface area contributed by atoms with Crippen LogP contribution in [0, 0.1) is 0 Å². The third kappa shape index (κ3) is 2.68. The van der Waals surface area contributed by atoms with Gasteiger partial charge in [0.2, 0.25) is 0 Å². The lowest BCUT2D eigenvalue weighted by molar-refractivity contribution is 1.73. The Morgan fingerprint density at radius 3 is 1.09 bits per heavy atom. The Hall–Kier alpha value is -1.31. The van der Waals surface area contributed by atoms with Crippen molar-refractivity contribution in [3.63, 3.8) is 0 Å². The van der Waals surface area contributed by atoms with Gasteiger partial charge in [0.05, 0.1) is 0 Å². The second-order valence-electron chi connectivity index (χ2n) is 5.17. The first-order valence-corrected chi connectivity index (χ1v) is 10.2. The van der Waals surface area contributed by atoms with E-state index in [9.17, 15) is 0 Å². The monoisotopic (exact) mass is 416 g/mol. The van der Waals surface area contributed by atoms with E-state index in [1.807, 2.05) is 0 Å². The van der Waals surface area contributed by atoms with Crippen LogP contribution in [0.1, 0.15) is 6.92 Å². The summed E-state index contributed by atoms with van der Waals surface area (Å²) >= 11 is 2.53. The molecule has 0 heterocycles. The van der Waals surface area contributed by atoms with Crippen LogP contribution in [0.2, 0.25) is 0 Å². The molecule has 0 N–H and O–H groups in total. The van der Waals surface area contributed by atoms with E-state index >= 15 is 0 Å². The van der Waals surface area contributed by atoms with Gasteiger partial charge in [-0.2, -0.15) is 0 Å². The van der Waals surface area contributed by atoms with Gasteiger partial charge in [-0.25, -0.2) is 0 Å². The van der Waals surface area contributed by atoms with Crippen molar-refractivity contribution < 1.29 is 0 Å². The summed E-state index contributed by atoms with van der Waals surface area (Å²) in [6.45, 7) is 0.543. The van der Waals surface area contributed by atoms with E-state index < -0.39 is 6.89 Å². The normalized spacial score (nSPS) is 11.2. The molecule has 0 atom stereocenters. The highest BCUT2D eigenvalue weighted by molar-refractivity contribution is 14.1. The third-order valence-electron chi connectivity index (χ3n) is 3.89. The maximum absolute atomic E-state index is 2.53. The first kappa shape index (κ1) is 15.6. The topological polar surface area (TPSA) is 0 Å². The van der Waals surface area contributed by atoms with E-state index in [2.05, 4.69) is 121 Å². The maximum Gasteiger partial charge on any atom is -0.00247 e. The van der Waals surface area contributed by atoms with Gasteiger partial charge in [-0.1, -0.05) is 91.0 Å². The molecule has 3 aromatic carbocycles. The zero-order valence-corrected chi connectivity index (χ0v) is 15.5. The van der Waals surface area contributed by atoms with Crippen LogP contribution in [-0.4, -0.2) is 3.30 Å². The highest BCUT2D eigenvalue weighted by Gasteiger charge is 2.26. The lowest BCUT2D eigenvalue weighted by Gasteiger charge is -2.30. The summed E-state index contributed by atoms with van der Waals surface area (Å²) in [6, 6.07) is 32.8. The van der Waals surface area contributed by atoms with Crippen molar-refractivity contribution >= 4 is 48.7 Å². The fourth-order valence-electron chi connectivity index (χ4n) is 2.94. The van der Waals surface area contributed by atoms with Gasteiger partial charge in [0.25, 0.3) is 0 Å². The van der Waals surface area contributed by atoms with Crippen molar-refractivity contribution in [2.75, 3.05) is 0 Å². The van der Waals surface area contributed by atoms with Gasteiger partial charge >= 0.3 is 0 Å². The average molecular weight is 416 g/mol. The smallest absolute Gasteiger partial charge is 0.00247 e. The van der Waals surface area contributed by atoms with Gasteiger partial charge in [0.15, 0.2) is 0 Å². The minimum absolute atomic E-state index is 1.42. The summed E-state index contributed by atoms with van der Waals surface area (Å²) in [7, 11) is 0. The molecule has 0 amide bonds. The first-order chi connectivity index (χ1) is 10.8. The van der Waals surface area contributed by atoms with Crippen LogP contribution in [0.25, 0.3) is 0 Å². The molecule has 22 heavy (non-hydrogen) atoms. The standard InChI is InChI=1S/C20H18IP/c1-17(21)22(18-11-5-2-6-12-18,19-13-7-3-8-14-19)20-15-9-4-10-16-20/h2-16H,1H3. The Morgan fingerprint density at radius 2 is 0.864 bits per heavy atom. The Balaban J connectivity index is 2.44. The molecule has 0 unspecified atom stereocenters. The van der Waals surface area contributed by atoms with Crippen molar-refractivity contribution in [3.8, 4) is 0 Å². The van der Waals surface area contributed by atoms with Crippen LogP contribution in [0.15, 0.2) is 91.0 Å². The van der Waals surface area contributed by atoms with E-state index in [1.54, 1.807) is 0 Å². The fraction of sp³-hybridized carbons (Fsp3) is 0.0500. The number of hydrogen-bond donors (Lipinski definition) is 0. The molecule has 0 saturated heterocycles. The molecule has 0 saturated carbocycles. The van der Waals surface area contributed by atoms with Gasteiger partial charge in [-0.15, -0.1) is 0 Å². The Morgan fingerprint density at radius 1 is 0.591 bits per heavy atom. The lowest BCUT2D eigenvalue weighted by Crippen LogP contribution is -2.28. The number of halogens is 1. The molecule has 3 aromatic rings. The van der Waals surface area contributed by atoms with Crippen LogP contribution in [0.3, 0.4) is 0 Å². The van der Waals surface area contributed by atoms with Gasteiger partial charge in [-0.05, 0) is 55.6 Å². The molecule has 0 aliphatic heterocycles. The van der Waals surface area contributed by atoms with E-state index in [-0.39, 0.29) is 0 Å². The van der Waals surface area contributed by atoms with Gasteiger partial charge in [0, 0.05) is 0 Å². The van der Waals surface area contributed by atoms with Crippen molar-refractivity contribution in [3.05, 3.63) is 91.0 Å². The number of hydrogen-bond acceptors (Lipinski definition) is 0. The van der Waals surface area contributed by atoms with Crippen LogP contribution in [-0.2, 0) is 0 Å². The molecule has 2 heteroatoms. The van der Waals surface area contributed by atoms with E-state index in [0.717, 1.165) is 0 Å². The molecule has 0 fully saturated rings. The molecule has 0 nitrogen and oxygen atoms in total. The zero-order valence-electron chi connectivity index (χ0n) is 12.5. The van der Waals surface area contributed by atoms with Gasteiger partial charge in [0.1, 0.15) is 0 Å². The fourth-order valence-corrected chi connectivity index (χ4v) is 9.26. The number of rotatable bonds is 3. The summed E-state index contributed by atoms with van der Waals surface area (Å²) < 4.78 is 1.45. The minimum Gasteiger partial charge on any atom is -0.0622 e. The summed E-state index contributed by atoms with van der Waals surface area (Å²) in [6.07, 6.45) is 0. The Labute approximate surface area is 146 Å². The predicted octanol–water partition coefficient (Wildman–Crippen LogP) is 4.57. The Kier molecular flexibility index (Phi) is 4.85. The summed E-state index contributed by atoms with van der Waals surface area (Å²) in [5.74, 6) is 0. The van der Waals surface area contributed by atoms with E-state index in [0.29, 0.717) is 0 Å². The molecule has 0 aromatic heterocycles. The van der Waals surface area contributed by atoms with Crippen LogP contribution in [0.4, 0.5) is 0 Å². The molecule has 110 valence electrons. The molecular formula is C20H18IP. The number of benzene rings is 3. The first-order valence-electron chi connectivity index (χ1n) is 7.32. The van der Waals surface area contributed by atoms with Crippen LogP contribution < -0.4 is 15.9 Å². The molecule has 0 spiro atoms. The summed E-state index contributed by atoms with van der Waals surface area (Å²) in [5.41, 5.74) is 0. The quantitative estimate of drug-likeness (QED) is 0.434. The minimum atomic E-state index is -1.72. The third-order valence-corrected chi connectivity index (χ3v) is 10.2. The largest absolute Gasteiger partial charge is 0.0622 e. The highest BCUT2D eigenvalue weighted by Crippen LogP contribution is 2.47. The SMILES string of the molecule is CC(I)=P(c1ccccc1)(c1ccccc1)c1ccccc1. The lowest BCUT2D eigenvalue weighted by atomic mass is 10.4. The Bertz CT molecular complexity index is 685. The second kappa shape index (κ2) is 6.85. The molecule has 3 rings (SSSR count). The van der Waals surface area contributed by atoms with Crippen molar-refractivity contribution in [2.24, 2.45) is 0 Å². The molecule has 0 aliphatic rings. The van der Waals surface area contributed by atoms with Crippen LogP contribution in [0.5, 0.6) is 0 Å². The van der Waals surface area contributed by atoms with Crippen molar-refractivity contribution in [1.29, 1.82) is 0 Å². The van der Waals surface area contributed by atoms with Crippen molar-refractivity contribution in [1.82, 2.24) is 0 Å². The van der Waals surface area contributed by atoms with E-state index in [4.69, 9.17) is 0 Å². The summed E-state index contributed by atoms with van der Waals surface area (Å²) in [5, 5.41) is 4.25. The van der Waals surface area contributed by atoms with Gasteiger partial charge < -0.3 is 0 Å². The molecule has 0 aliphatic carbocycles.